The van der Waals surface area contributed by atoms with Crippen LogP contribution in [-0.2, 0) is 11.2 Å². The highest BCUT2D eigenvalue weighted by Crippen LogP contribution is 2.06. The van der Waals surface area contributed by atoms with Crippen molar-refractivity contribution in [1.82, 2.24) is 10.2 Å². The molecule has 0 aliphatic carbocycles. The van der Waals surface area contributed by atoms with Crippen LogP contribution in [0.2, 0.25) is 0 Å². The summed E-state index contributed by atoms with van der Waals surface area (Å²) in [5.74, 6) is -0.0340. The zero-order valence-electron chi connectivity index (χ0n) is 12.7. The molecule has 1 aromatic rings. The first kappa shape index (κ1) is 16.7. The van der Waals surface area contributed by atoms with E-state index in [1.807, 2.05) is 56.0 Å². The van der Waals surface area contributed by atoms with Crippen LogP contribution in [0, 0.1) is 0 Å². The molecule has 0 bridgehead atoms. The van der Waals surface area contributed by atoms with Crippen LogP contribution in [0.1, 0.15) is 26.3 Å². The third-order valence-electron chi connectivity index (χ3n) is 3.52. The van der Waals surface area contributed by atoms with Crippen molar-refractivity contribution in [3.05, 3.63) is 35.9 Å². The number of carbonyl (C=O) groups excluding carboxylic acids is 1. The summed E-state index contributed by atoms with van der Waals surface area (Å²) in [5, 5.41) is 13.0. The Labute approximate surface area is 121 Å². The van der Waals surface area contributed by atoms with Crippen molar-refractivity contribution in [3.63, 3.8) is 0 Å². The van der Waals surface area contributed by atoms with Gasteiger partial charge in [0.05, 0.1) is 18.7 Å². The van der Waals surface area contributed by atoms with E-state index in [1.54, 1.807) is 0 Å². The van der Waals surface area contributed by atoms with Gasteiger partial charge in [0, 0.05) is 6.42 Å². The molecular formula is C16H26N2O2. The molecule has 1 aromatic carbocycles. The lowest BCUT2D eigenvalue weighted by atomic mass is 10.0. The number of rotatable bonds is 8. The first-order valence-electron chi connectivity index (χ1n) is 7.30. The molecule has 1 rings (SSSR count). The van der Waals surface area contributed by atoms with Crippen molar-refractivity contribution in [3.8, 4) is 0 Å². The summed E-state index contributed by atoms with van der Waals surface area (Å²) in [6.07, 6.45) is -0.0221. The van der Waals surface area contributed by atoms with Crippen molar-refractivity contribution >= 4 is 5.91 Å². The van der Waals surface area contributed by atoms with Crippen LogP contribution in [0.3, 0.4) is 0 Å². The van der Waals surface area contributed by atoms with E-state index in [-0.39, 0.29) is 11.9 Å². The molecule has 2 N–H and O–H groups in total. The summed E-state index contributed by atoms with van der Waals surface area (Å²) in [7, 11) is 0. The van der Waals surface area contributed by atoms with E-state index in [0.717, 1.165) is 18.7 Å². The molecule has 0 aliphatic heterocycles. The summed E-state index contributed by atoms with van der Waals surface area (Å²) < 4.78 is 0. The molecule has 1 amide bonds. The first-order valence-corrected chi connectivity index (χ1v) is 7.30. The van der Waals surface area contributed by atoms with Crippen molar-refractivity contribution < 1.29 is 9.90 Å². The molecule has 0 aromatic heterocycles. The standard InChI is InChI=1S/C16H26N2O2/c1-4-18(5-2)12-16(20)17-13(3)15(19)11-14-9-7-6-8-10-14/h6-10,13,15,19H,4-5,11-12H2,1-3H3,(H,17,20). The van der Waals surface area contributed by atoms with Gasteiger partial charge in [-0.15, -0.1) is 0 Å². The van der Waals surface area contributed by atoms with Crippen molar-refractivity contribution in [2.24, 2.45) is 0 Å². The zero-order chi connectivity index (χ0) is 15.0. The van der Waals surface area contributed by atoms with Crippen molar-refractivity contribution in [2.75, 3.05) is 19.6 Å². The van der Waals surface area contributed by atoms with Crippen LogP contribution in [0.4, 0.5) is 0 Å². The van der Waals surface area contributed by atoms with E-state index in [9.17, 15) is 9.90 Å². The number of nitrogens with zero attached hydrogens (tertiary/aromatic N) is 1. The van der Waals surface area contributed by atoms with Gasteiger partial charge in [0.25, 0.3) is 0 Å². The van der Waals surface area contributed by atoms with Gasteiger partial charge in [-0.3, -0.25) is 9.69 Å². The molecular weight excluding hydrogens is 252 g/mol. The van der Waals surface area contributed by atoms with Crippen LogP contribution < -0.4 is 5.32 Å². The first-order chi connectivity index (χ1) is 9.56. The highest BCUT2D eigenvalue weighted by Gasteiger charge is 2.17. The van der Waals surface area contributed by atoms with Gasteiger partial charge >= 0.3 is 0 Å². The second-order valence-electron chi connectivity index (χ2n) is 5.07. The lowest BCUT2D eigenvalue weighted by Gasteiger charge is -2.23. The fourth-order valence-electron chi connectivity index (χ4n) is 2.08. The van der Waals surface area contributed by atoms with E-state index < -0.39 is 6.10 Å². The smallest absolute Gasteiger partial charge is 0.234 e. The Balaban J connectivity index is 2.41. The molecule has 20 heavy (non-hydrogen) atoms. The van der Waals surface area contributed by atoms with Gasteiger partial charge in [-0.05, 0) is 25.6 Å². The lowest BCUT2D eigenvalue weighted by molar-refractivity contribution is -0.123. The summed E-state index contributed by atoms with van der Waals surface area (Å²) in [5.41, 5.74) is 1.07. The fourth-order valence-corrected chi connectivity index (χ4v) is 2.08. The molecule has 0 aliphatic rings. The molecule has 4 heteroatoms. The van der Waals surface area contributed by atoms with Crippen LogP contribution in [0.15, 0.2) is 30.3 Å². The van der Waals surface area contributed by atoms with E-state index >= 15 is 0 Å². The van der Waals surface area contributed by atoms with Crippen molar-refractivity contribution in [1.29, 1.82) is 0 Å². The average molecular weight is 278 g/mol. The van der Waals surface area contributed by atoms with E-state index in [1.165, 1.54) is 0 Å². The van der Waals surface area contributed by atoms with E-state index in [0.29, 0.717) is 13.0 Å². The summed E-state index contributed by atoms with van der Waals surface area (Å²) >= 11 is 0. The zero-order valence-corrected chi connectivity index (χ0v) is 12.7. The summed E-state index contributed by atoms with van der Waals surface area (Å²) in [6.45, 7) is 7.99. The molecule has 0 saturated heterocycles. The lowest BCUT2D eigenvalue weighted by Crippen LogP contribution is -2.46. The number of hydrogen-bond donors (Lipinski definition) is 2. The molecule has 2 unspecified atom stereocenters. The maximum absolute atomic E-state index is 11.9. The van der Waals surface area contributed by atoms with Crippen LogP contribution >= 0.6 is 0 Å². The second-order valence-corrected chi connectivity index (χ2v) is 5.07. The largest absolute Gasteiger partial charge is 0.391 e. The SMILES string of the molecule is CCN(CC)CC(=O)NC(C)C(O)Cc1ccccc1. The Hall–Kier alpha value is -1.39. The number of carbonyl (C=O) groups is 1. The molecule has 0 fully saturated rings. The predicted octanol–water partition coefficient (Wildman–Crippen LogP) is 1.44. The number of nitrogens with one attached hydrogen (secondary N) is 1. The van der Waals surface area contributed by atoms with Crippen LogP contribution in [0.5, 0.6) is 0 Å². The fraction of sp³-hybridized carbons (Fsp3) is 0.562. The number of hydrogen-bond acceptors (Lipinski definition) is 3. The van der Waals surface area contributed by atoms with Crippen LogP contribution in [-0.4, -0.2) is 47.7 Å². The van der Waals surface area contributed by atoms with Gasteiger partial charge < -0.3 is 10.4 Å². The van der Waals surface area contributed by atoms with Crippen molar-refractivity contribution in [2.45, 2.75) is 39.3 Å². The quantitative estimate of drug-likeness (QED) is 0.756. The van der Waals surface area contributed by atoms with Gasteiger partial charge in [0.15, 0.2) is 0 Å². The average Bonchev–Trinajstić information content (AvgIpc) is 2.45. The van der Waals surface area contributed by atoms with E-state index in [4.69, 9.17) is 0 Å². The summed E-state index contributed by atoms with van der Waals surface area (Å²) in [4.78, 5) is 13.9. The highest BCUT2D eigenvalue weighted by molar-refractivity contribution is 5.78. The van der Waals surface area contributed by atoms with Gasteiger partial charge in [-0.2, -0.15) is 0 Å². The number of aliphatic hydroxyl groups is 1. The normalized spacial score (nSPS) is 14.1. The Morgan fingerprint density at radius 1 is 1.25 bits per heavy atom. The highest BCUT2D eigenvalue weighted by atomic mass is 16.3. The topological polar surface area (TPSA) is 52.6 Å². The Morgan fingerprint density at radius 2 is 1.85 bits per heavy atom. The molecule has 4 nitrogen and oxygen atoms in total. The predicted molar refractivity (Wildman–Crippen MR) is 81.5 cm³/mol. The van der Waals surface area contributed by atoms with Gasteiger partial charge in [-0.25, -0.2) is 0 Å². The Kier molecular flexibility index (Phi) is 7.26. The number of aliphatic hydroxyl groups excluding tert-OH is 1. The molecule has 0 spiro atoms. The van der Waals surface area contributed by atoms with Gasteiger partial charge in [-0.1, -0.05) is 44.2 Å². The molecule has 0 saturated carbocycles. The Morgan fingerprint density at radius 3 is 2.40 bits per heavy atom. The Bertz CT molecular complexity index is 391. The number of benzene rings is 1. The van der Waals surface area contributed by atoms with E-state index in [2.05, 4.69) is 5.32 Å². The maximum atomic E-state index is 11.9. The third-order valence-corrected chi connectivity index (χ3v) is 3.52. The molecule has 112 valence electrons. The second kappa shape index (κ2) is 8.72. The maximum Gasteiger partial charge on any atom is 0.234 e. The monoisotopic (exact) mass is 278 g/mol. The van der Waals surface area contributed by atoms with Crippen LogP contribution in [0.25, 0.3) is 0 Å². The third kappa shape index (κ3) is 5.72. The number of amides is 1. The minimum atomic E-state index is -0.571. The minimum absolute atomic E-state index is 0.0340. The molecule has 0 heterocycles. The summed E-state index contributed by atoms with van der Waals surface area (Å²) in [6, 6.07) is 9.56. The number of likely N-dealkylation sites (N-methyl/N-ethyl adjacent to an activating group) is 1. The minimum Gasteiger partial charge on any atom is -0.391 e. The van der Waals surface area contributed by atoms with Gasteiger partial charge in [0.2, 0.25) is 5.91 Å². The molecule has 2 atom stereocenters. The molecule has 0 radical (unpaired) electrons. The van der Waals surface area contributed by atoms with Gasteiger partial charge in [0.1, 0.15) is 0 Å².